The molecule has 0 bridgehead atoms. The first-order valence-corrected chi connectivity index (χ1v) is 5.34. The highest BCUT2D eigenvalue weighted by Crippen LogP contribution is 2.09. The van der Waals surface area contributed by atoms with Gasteiger partial charge in [0.1, 0.15) is 0 Å². The van der Waals surface area contributed by atoms with E-state index in [2.05, 4.69) is 17.4 Å². The molecule has 84 valence electrons. The molecule has 3 heteroatoms. The van der Waals surface area contributed by atoms with E-state index in [1.807, 2.05) is 19.1 Å². The lowest BCUT2D eigenvalue weighted by molar-refractivity contribution is 0.133. The van der Waals surface area contributed by atoms with Crippen molar-refractivity contribution in [3.8, 4) is 0 Å². The van der Waals surface area contributed by atoms with Crippen molar-refractivity contribution in [1.82, 2.24) is 5.32 Å². The van der Waals surface area contributed by atoms with E-state index >= 15 is 0 Å². The van der Waals surface area contributed by atoms with Crippen LogP contribution in [0.5, 0.6) is 0 Å². The van der Waals surface area contributed by atoms with Gasteiger partial charge in [0.15, 0.2) is 0 Å². The molecule has 0 spiro atoms. The van der Waals surface area contributed by atoms with Crippen LogP contribution in [0, 0.1) is 0 Å². The smallest absolute Gasteiger partial charge is 0.0719 e. The molecular formula is C12H19NO2. The van der Waals surface area contributed by atoms with E-state index in [0.717, 1.165) is 13.2 Å². The van der Waals surface area contributed by atoms with Crippen LogP contribution < -0.4 is 5.32 Å². The average Bonchev–Trinajstić information content (AvgIpc) is 2.28. The summed E-state index contributed by atoms with van der Waals surface area (Å²) < 4.78 is 5.39. The molecule has 0 heterocycles. The molecule has 0 aromatic heterocycles. The third-order valence-electron chi connectivity index (χ3n) is 2.18. The van der Waals surface area contributed by atoms with Gasteiger partial charge < -0.3 is 15.2 Å². The normalized spacial score (nSPS) is 10.5. The fraction of sp³-hybridized carbons (Fsp3) is 0.500. The molecule has 0 aliphatic carbocycles. The van der Waals surface area contributed by atoms with Crippen LogP contribution in [0.25, 0.3) is 0 Å². The van der Waals surface area contributed by atoms with Crippen LogP contribution in [0.2, 0.25) is 0 Å². The number of nitrogens with one attached hydrogen (secondary N) is 1. The third kappa shape index (κ3) is 4.42. The largest absolute Gasteiger partial charge is 0.395 e. The van der Waals surface area contributed by atoms with Crippen molar-refractivity contribution in [2.45, 2.75) is 20.1 Å². The van der Waals surface area contributed by atoms with Crippen LogP contribution in [-0.4, -0.2) is 24.9 Å². The molecule has 1 rings (SSSR count). The molecule has 0 radical (unpaired) electrons. The predicted octanol–water partition coefficient (Wildman–Crippen LogP) is 1.30. The van der Waals surface area contributed by atoms with Gasteiger partial charge >= 0.3 is 0 Å². The monoisotopic (exact) mass is 209 g/mol. The van der Waals surface area contributed by atoms with Crippen molar-refractivity contribution in [2.24, 2.45) is 0 Å². The molecule has 0 amide bonds. The summed E-state index contributed by atoms with van der Waals surface area (Å²) in [5.41, 5.74) is 2.45. The molecule has 1 aromatic rings. The Bertz CT molecular complexity index is 276. The number of aliphatic hydroxyl groups is 1. The van der Waals surface area contributed by atoms with Gasteiger partial charge in [-0.2, -0.15) is 0 Å². The second kappa shape index (κ2) is 7.40. The molecule has 0 saturated heterocycles. The number of hydrogen-bond donors (Lipinski definition) is 2. The lowest BCUT2D eigenvalue weighted by Gasteiger charge is -2.09. The zero-order valence-electron chi connectivity index (χ0n) is 9.20. The summed E-state index contributed by atoms with van der Waals surface area (Å²) in [4.78, 5) is 0. The summed E-state index contributed by atoms with van der Waals surface area (Å²) in [6.07, 6.45) is 0. The quantitative estimate of drug-likeness (QED) is 0.665. The fourth-order valence-corrected chi connectivity index (χ4v) is 1.38. The molecular weight excluding hydrogens is 190 g/mol. The molecule has 0 aliphatic rings. The first-order valence-electron chi connectivity index (χ1n) is 5.34. The van der Waals surface area contributed by atoms with Crippen LogP contribution in [0.1, 0.15) is 18.1 Å². The average molecular weight is 209 g/mol. The number of hydrogen-bond acceptors (Lipinski definition) is 3. The van der Waals surface area contributed by atoms with E-state index in [1.165, 1.54) is 11.1 Å². The highest BCUT2D eigenvalue weighted by atomic mass is 16.5. The first-order chi connectivity index (χ1) is 7.38. The van der Waals surface area contributed by atoms with Gasteiger partial charge in [-0.3, -0.25) is 0 Å². The Kier molecular flexibility index (Phi) is 6.00. The van der Waals surface area contributed by atoms with Crippen molar-refractivity contribution in [3.05, 3.63) is 35.4 Å². The second-order valence-electron chi connectivity index (χ2n) is 3.31. The van der Waals surface area contributed by atoms with Crippen LogP contribution in [0.4, 0.5) is 0 Å². The summed E-state index contributed by atoms with van der Waals surface area (Å²) in [7, 11) is 0. The van der Waals surface area contributed by atoms with Crippen LogP contribution in [0.15, 0.2) is 24.3 Å². The van der Waals surface area contributed by atoms with E-state index in [9.17, 15) is 0 Å². The number of benzene rings is 1. The summed E-state index contributed by atoms with van der Waals surface area (Å²) in [5, 5.41) is 11.8. The number of aliphatic hydroxyl groups excluding tert-OH is 1. The summed E-state index contributed by atoms with van der Waals surface area (Å²) >= 11 is 0. The van der Waals surface area contributed by atoms with Crippen molar-refractivity contribution in [3.63, 3.8) is 0 Å². The SMILES string of the molecule is CCOCc1ccccc1CNCCO. The molecule has 0 unspecified atom stereocenters. The van der Waals surface area contributed by atoms with E-state index in [1.54, 1.807) is 0 Å². The lowest BCUT2D eigenvalue weighted by atomic mass is 10.1. The predicted molar refractivity (Wildman–Crippen MR) is 60.6 cm³/mol. The molecule has 0 atom stereocenters. The van der Waals surface area contributed by atoms with Crippen molar-refractivity contribution in [1.29, 1.82) is 0 Å². The van der Waals surface area contributed by atoms with Crippen LogP contribution >= 0.6 is 0 Å². The Morgan fingerprint density at radius 1 is 1.27 bits per heavy atom. The van der Waals surface area contributed by atoms with Gasteiger partial charge in [-0.05, 0) is 18.1 Å². The molecule has 1 aromatic carbocycles. The van der Waals surface area contributed by atoms with Gasteiger partial charge in [0.2, 0.25) is 0 Å². The Balaban J connectivity index is 2.52. The van der Waals surface area contributed by atoms with E-state index in [-0.39, 0.29) is 6.61 Å². The van der Waals surface area contributed by atoms with Gasteiger partial charge in [-0.1, -0.05) is 24.3 Å². The molecule has 0 saturated carbocycles. The standard InChI is InChI=1S/C12H19NO2/c1-2-15-10-12-6-4-3-5-11(12)9-13-7-8-14/h3-6,13-14H,2,7-10H2,1H3. The topological polar surface area (TPSA) is 41.5 Å². The Morgan fingerprint density at radius 2 is 2.00 bits per heavy atom. The zero-order chi connectivity index (χ0) is 10.9. The summed E-state index contributed by atoms with van der Waals surface area (Å²) in [6, 6.07) is 8.19. The summed E-state index contributed by atoms with van der Waals surface area (Å²) in [6.45, 7) is 4.97. The van der Waals surface area contributed by atoms with Gasteiger partial charge in [0.05, 0.1) is 13.2 Å². The van der Waals surface area contributed by atoms with Gasteiger partial charge in [-0.25, -0.2) is 0 Å². The van der Waals surface area contributed by atoms with Crippen LogP contribution in [-0.2, 0) is 17.9 Å². The highest BCUT2D eigenvalue weighted by Gasteiger charge is 2.00. The van der Waals surface area contributed by atoms with E-state index < -0.39 is 0 Å². The van der Waals surface area contributed by atoms with Crippen molar-refractivity contribution in [2.75, 3.05) is 19.8 Å². The van der Waals surface area contributed by atoms with E-state index in [0.29, 0.717) is 13.2 Å². The Labute approximate surface area is 91.1 Å². The van der Waals surface area contributed by atoms with Crippen molar-refractivity contribution >= 4 is 0 Å². The minimum atomic E-state index is 0.174. The highest BCUT2D eigenvalue weighted by molar-refractivity contribution is 5.26. The maximum Gasteiger partial charge on any atom is 0.0719 e. The second-order valence-corrected chi connectivity index (χ2v) is 3.31. The molecule has 0 fully saturated rings. The lowest BCUT2D eigenvalue weighted by Crippen LogP contribution is -2.18. The van der Waals surface area contributed by atoms with E-state index in [4.69, 9.17) is 9.84 Å². The fourth-order valence-electron chi connectivity index (χ4n) is 1.38. The molecule has 0 aliphatic heterocycles. The molecule has 2 N–H and O–H groups in total. The number of rotatable bonds is 7. The van der Waals surface area contributed by atoms with Gasteiger partial charge in [0, 0.05) is 19.7 Å². The van der Waals surface area contributed by atoms with Crippen molar-refractivity contribution < 1.29 is 9.84 Å². The molecule has 15 heavy (non-hydrogen) atoms. The van der Waals surface area contributed by atoms with Crippen LogP contribution in [0.3, 0.4) is 0 Å². The van der Waals surface area contributed by atoms with Gasteiger partial charge in [0.25, 0.3) is 0 Å². The summed E-state index contributed by atoms with van der Waals surface area (Å²) in [5.74, 6) is 0. The Hall–Kier alpha value is -0.900. The minimum Gasteiger partial charge on any atom is -0.395 e. The zero-order valence-corrected chi connectivity index (χ0v) is 9.20. The maximum absolute atomic E-state index is 8.67. The third-order valence-corrected chi connectivity index (χ3v) is 2.18. The number of ether oxygens (including phenoxy) is 1. The molecule has 3 nitrogen and oxygen atoms in total. The Morgan fingerprint density at radius 3 is 2.67 bits per heavy atom. The van der Waals surface area contributed by atoms with Gasteiger partial charge in [-0.15, -0.1) is 0 Å². The minimum absolute atomic E-state index is 0.174. The maximum atomic E-state index is 8.67. The first kappa shape index (κ1) is 12.2.